The van der Waals surface area contributed by atoms with Crippen LogP contribution in [0.2, 0.25) is 0 Å². The van der Waals surface area contributed by atoms with Gasteiger partial charge >= 0.3 is 0 Å². The summed E-state index contributed by atoms with van der Waals surface area (Å²) in [6.07, 6.45) is 0. The van der Waals surface area contributed by atoms with E-state index in [2.05, 4.69) is 197 Å². The number of para-hydroxylation sites is 2. The van der Waals surface area contributed by atoms with Crippen LogP contribution in [0.5, 0.6) is 0 Å². The minimum atomic E-state index is 0.701. The molecule has 4 nitrogen and oxygen atoms in total. The number of aromatic nitrogens is 4. The topological polar surface area (TPSA) is 35.6 Å². The molecule has 56 heavy (non-hydrogen) atoms. The van der Waals surface area contributed by atoms with Gasteiger partial charge < -0.3 is 4.57 Å². The average Bonchev–Trinajstić information content (AvgIpc) is 3.79. The number of rotatable bonds is 6. The minimum absolute atomic E-state index is 0.701. The van der Waals surface area contributed by atoms with Crippen molar-refractivity contribution in [3.8, 4) is 56.3 Å². The normalized spacial score (nSPS) is 11.6. The van der Waals surface area contributed by atoms with Gasteiger partial charge in [0.25, 0.3) is 0 Å². The maximum atomic E-state index is 5.33. The lowest BCUT2D eigenvalue weighted by Crippen LogP contribution is -1.99. The molecule has 8 aromatic carbocycles. The number of hydrogen-bond donors (Lipinski definition) is 0. The Morgan fingerprint density at radius 2 is 0.821 bits per heavy atom. The van der Waals surface area contributed by atoms with E-state index in [0.29, 0.717) is 5.82 Å². The summed E-state index contributed by atoms with van der Waals surface area (Å²) in [5.41, 5.74) is 14.2. The second-order valence-electron chi connectivity index (χ2n) is 14.2. The van der Waals surface area contributed by atoms with Crippen LogP contribution in [0.1, 0.15) is 0 Å². The van der Waals surface area contributed by atoms with Crippen molar-refractivity contribution in [3.63, 3.8) is 0 Å². The Bertz CT molecular complexity index is 3220. The van der Waals surface area contributed by atoms with Crippen LogP contribution >= 0.6 is 0 Å². The summed E-state index contributed by atoms with van der Waals surface area (Å²) in [6, 6.07) is 73.2. The van der Waals surface area contributed by atoms with Gasteiger partial charge in [0.1, 0.15) is 5.65 Å². The maximum absolute atomic E-state index is 5.33. The van der Waals surface area contributed by atoms with Crippen LogP contribution in [0.3, 0.4) is 0 Å². The average molecular weight is 715 g/mol. The molecule has 0 saturated carbocycles. The van der Waals surface area contributed by atoms with Gasteiger partial charge in [0, 0.05) is 38.7 Å². The Labute approximate surface area is 324 Å². The van der Waals surface area contributed by atoms with E-state index in [-0.39, 0.29) is 0 Å². The molecule has 0 radical (unpaired) electrons. The van der Waals surface area contributed by atoms with Crippen LogP contribution in [-0.4, -0.2) is 19.1 Å². The van der Waals surface area contributed by atoms with Gasteiger partial charge in [-0.2, -0.15) is 0 Å². The first-order chi connectivity index (χ1) is 27.8. The lowest BCUT2D eigenvalue weighted by atomic mass is 10.0. The third-order valence-electron chi connectivity index (χ3n) is 10.9. The fourth-order valence-electron chi connectivity index (χ4n) is 8.33. The van der Waals surface area contributed by atoms with Crippen molar-refractivity contribution in [3.05, 3.63) is 206 Å². The molecule has 3 aromatic heterocycles. The van der Waals surface area contributed by atoms with E-state index < -0.39 is 0 Å². The second-order valence-corrected chi connectivity index (χ2v) is 14.2. The molecule has 0 spiro atoms. The van der Waals surface area contributed by atoms with Crippen LogP contribution in [-0.2, 0) is 0 Å². The molecule has 0 fully saturated rings. The first-order valence-electron chi connectivity index (χ1n) is 19.0. The molecule has 3 heterocycles. The van der Waals surface area contributed by atoms with Crippen LogP contribution < -0.4 is 0 Å². The number of nitrogens with zero attached hydrogens (tertiary/aromatic N) is 4. The van der Waals surface area contributed by atoms with Crippen molar-refractivity contribution in [2.75, 3.05) is 0 Å². The SMILES string of the molecule is c1ccc(-c2ccc3c(c2)c2ccccc2n3-c2cccc(-c3ccc4c(c3)c3c(-c5ccccc5)nc(-c5ccccc5)nc3n4-c3ccccc3)c2)cc1. The Morgan fingerprint density at radius 3 is 1.55 bits per heavy atom. The lowest BCUT2D eigenvalue weighted by molar-refractivity contribution is 1.11. The molecule has 0 unspecified atom stereocenters. The standard InChI is InChI=1S/C52H34N4/c1-5-16-35(17-6-1)39-28-30-47-44(33-39)43-26-13-14-27-46(43)55(47)42-25-15-22-38(32-42)40-29-31-48-45(34-40)49-50(36-18-7-2-8-19-36)53-51(37-20-9-3-10-21-37)54-52(49)56(48)41-23-11-4-12-24-41/h1-34H. The van der Waals surface area contributed by atoms with Gasteiger partial charge in [-0.25, -0.2) is 9.97 Å². The summed E-state index contributed by atoms with van der Waals surface area (Å²) >= 11 is 0. The van der Waals surface area contributed by atoms with Crippen molar-refractivity contribution >= 4 is 43.7 Å². The molecule has 0 amide bonds. The van der Waals surface area contributed by atoms with Crippen molar-refractivity contribution in [2.24, 2.45) is 0 Å². The molecule has 0 aliphatic rings. The van der Waals surface area contributed by atoms with E-state index in [9.17, 15) is 0 Å². The molecule has 0 atom stereocenters. The lowest BCUT2D eigenvalue weighted by Gasteiger charge is -2.11. The number of fused-ring (bicyclic) bond motifs is 6. The van der Waals surface area contributed by atoms with Gasteiger partial charge in [-0.05, 0) is 76.9 Å². The Kier molecular flexibility index (Phi) is 7.46. The zero-order chi connectivity index (χ0) is 37.0. The molecule has 0 saturated heterocycles. The summed E-state index contributed by atoms with van der Waals surface area (Å²) in [7, 11) is 0. The summed E-state index contributed by atoms with van der Waals surface area (Å²) < 4.78 is 4.68. The minimum Gasteiger partial charge on any atom is -0.309 e. The first kappa shape index (κ1) is 31.9. The van der Waals surface area contributed by atoms with Crippen LogP contribution in [0.4, 0.5) is 0 Å². The number of benzene rings is 8. The highest BCUT2D eigenvalue weighted by Crippen LogP contribution is 2.41. The third kappa shape index (κ3) is 5.23. The van der Waals surface area contributed by atoms with Gasteiger partial charge in [0.2, 0.25) is 0 Å². The molecular formula is C52H34N4. The van der Waals surface area contributed by atoms with Gasteiger partial charge in [0.15, 0.2) is 5.82 Å². The van der Waals surface area contributed by atoms with Gasteiger partial charge in [0.05, 0.1) is 27.6 Å². The molecule has 11 aromatic rings. The summed E-state index contributed by atoms with van der Waals surface area (Å²) in [6.45, 7) is 0. The van der Waals surface area contributed by atoms with E-state index in [0.717, 1.165) is 61.3 Å². The summed E-state index contributed by atoms with van der Waals surface area (Å²) in [5, 5.41) is 4.62. The molecule has 262 valence electrons. The highest BCUT2D eigenvalue weighted by Gasteiger charge is 2.22. The molecular weight excluding hydrogens is 681 g/mol. The zero-order valence-corrected chi connectivity index (χ0v) is 30.4. The number of hydrogen-bond acceptors (Lipinski definition) is 2. The molecule has 4 heteroatoms. The molecule has 11 rings (SSSR count). The molecule has 0 aliphatic heterocycles. The fourth-order valence-corrected chi connectivity index (χ4v) is 8.33. The van der Waals surface area contributed by atoms with Gasteiger partial charge in [-0.3, -0.25) is 4.57 Å². The Hall–Kier alpha value is -7.56. The van der Waals surface area contributed by atoms with Crippen LogP contribution in [0, 0.1) is 0 Å². The quantitative estimate of drug-likeness (QED) is 0.172. The van der Waals surface area contributed by atoms with E-state index in [1.165, 1.54) is 32.9 Å². The summed E-state index contributed by atoms with van der Waals surface area (Å²) in [4.78, 5) is 10.6. The molecule has 0 aliphatic carbocycles. The highest BCUT2D eigenvalue weighted by atomic mass is 15.1. The van der Waals surface area contributed by atoms with Crippen molar-refractivity contribution < 1.29 is 0 Å². The Morgan fingerprint density at radius 1 is 0.304 bits per heavy atom. The zero-order valence-electron chi connectivity index (χ0n) is 30.4. The predicted octanol–water partition coefficient (Wildman–Crippen LogP) is 13.3. The van der Waals surface area contributed by atoms with E-state index in [1.807, 2.05) is 18.2 Å². The largest absolute Gasteiger partial charge is 0.309 e. The first-order valence-corrected chi connectivity index (χ1v) is 19.0. The summed E-state index contributed by atoms with van der Waals surface area (Å²) in [5.74, 6) is 0.701. The van der Waals surface area contributed by atoms with Crippen LogP contribution in [0.15, 0.2) is 206 Å². The van der Waals surface area contributed by atoms with E-state index in [1.54, 1.807) is 0 Å². The Balaban J connectivity index is 1.13. The maximum Gasteiger partial charge on any atom is 0.162 e. The van der Waals surface area contributed by atoms with Crippen molar-refractivity contribution in [1.82, 2.24) is 19.1 Å². The van der Waals surface area contributed by atoms with Crippen molar-refractivity contribution in [2.45, 2.75) is 0 Å². The van der Waals surface area contributed by atoms with Crippen LogP contribution in [0.25, 0.3) is 100 Å². The predicted molar refractivity (Wildman–Crippen MR) is 232 cm³/mol. The molecule has 0 bridgehead atoms. The monoisotopic (exact) mass is 714 g/mol. The third-order valence-corrected chi connectivity index (χ3v) is 10.9. The van der Waals surface area contributed by atoms with E-state index in [4.69, 9.17) is 9.97 Å². The smallest absolute Gasteiger partial charge is 0.162 e. The van der Waals surface area contributed by atoms with Crippen molar-refractivity contribution in [1.29, 1.82) is 0 Å². The van der Waals surface area contributed by atoms with Gasteiger partial charge in [-0.1, -0.05) is 152 Å². The van der Waals surface area contributed by atoms with Gasteiger partial charge in [-0.15, -0.1) is 0 Å². The fraction of sp³-hybridized carbons (Fsp3) is 0. The highest BCUT2D eigenvalue weighted by molar-refractivity contribution is 6.15. The molecule has 0 N–H and O–H groups in total. The van der Waals surface area contributed by atoms with E-state index >= 15 is 0 Å². The second kappa shape index (κ2) is 13.1.